The van der Waals surface area contributed by atoms with Gasteiger partial charge in [0.05, 0.1) is 20.7 Å². The highest BCUT2D eigenvalue weighted by atomic mass is 32.1. The van der Waals surface area contributed by atoms with Crippen LogP contribution in [0.3, 0.4) is 0 Å². The van der Waals surface area contributed by atoms with Gasteiger partial charge in [0.15, 0.2) is 16.3 Å². The molecule has 138 valence electrons. The Morgan fingerprint density at radius 3 is 2.67 bits per heavy atom. The van der Waals surface area contributed by atoms with Crippen molar-refractivity contribution in [1.29, 1.82) is 0 Å². The fraction of sp³-hybridized carbons (Fsp3) is 0.222. The van der Waals surface area contributed by atoms with E-state index in [1.807, 2.05) is 12.1 Å². The Kier molecular flexibility index (Phi) is 4.15. The Balaban J connectivity index is 1.81. The van der Waals surface area contributed by atoms with E-state index in [1.165, 1.54) is 23.5 Å². The summed E-state index contributed by atoms with van der Waals surface area (Å²) in [5.74, 6) is 0.813. The summed E-state index contributed by atoms with van der Waals surface area (Å²) in [6.07, 6.45) is 0. The van der Waals surface area contributed by atoms with E-state index in [9.17, 15) is 14.9 Å². The third-order valence-corrected chi connectivity index (χ3v) is 5.50. The number of nitro benzene ring substituents is 1. The van der Waals surface area contributed by atoms with E-state index in [-0.39, 0.29) is 11.3 Å². The van der Waals surface area contributed by atoms with Gasteiger partial charge in [-0.3, -0.25) is 14.9 Å². The van der Waals surface area contributed by atoms with Crippen molar-refractivity contribution in [2.45, 2.75) is 6.92 Å². The van der Waals surface area contributed by atoms with Crippen LogP contribution < -0.4 is 14.3 Å². The SMILES string of the molecule is Cc1c(C(=O)N=c2sc3cc4c(cc3n2C)OCCO4)cccc1[N+](=O)[O-]. The second kappa shape index (κ2) is 6.51. The lowest BCUT2D eigenvalue weighted by atomic mass is 10.1. The van der Waals surface area contributed by atoms with Crippen molar-refractivity contribution in [3.05, 3.63) is 56.4 Å². The maximum Gasteiger partial charge on any atom is 0.280 e. The molecule has 0 N–H and O–H groups in total. The van der Waals surface area contributed by atoms with Crippen LogP contribution in [-0.2, 0) is 7.05 Å². The molecule has 8 nitrogen and oxygen atoms in total. The number of aryl methyl sites for hydroxylation is 1. The number of rotatable bonds is 2. The zero-order chi connectivity index (χ0) is 19.1. The van der Waals surface area contributed by atoms with Gasteiger partial charge in [0, 0.05) is 30.8 Å². The number of aromatic nitrogens is 1. The molecular formula is C18H15N3O5S. The summed E-state index contributed by atoms with van der Waals surface area (Å²) in [4.78, 5) is 27.9. The number of carbonyl (C=O) groups is 1. The van der Waals surface area contributed by atoms with Gasteiger partial charge in [0.2, 0.25) is 0 Å². The van der Waals surface area contributed by atoms with Crippen LogP contribution in [0.1, 0.15) is 15.9 Å². The van der Waals surface area contributed by atoms with Crippen molar-refractivity contribution in [1.82, 2.24) is 4.57 Å². The Morgan fingerprint density at radius 1 is 1.26 bits per heavy atom. The molecule has 9 heteroatoms. The second-order valence-electron chi connectivity index (χ2n) is 6.03. The molecule has 0 saturated heterocycles. The molecule has 4 rings (SSSR count). The van der Waals surface area contributed by atoms with E-state index in [2.05, 4.69) is 4.99 Å². The van der Waals surface area contributed by atoms with Crippen LogP contribution in [0.4, 0.5) is 5.69 Å². The number of amides is 1. The van der Waals surface area contributed by atoms with Crippen LogP contribution in [0.5, 0.6) is 11.5 Å². The average molecular weight is 385 g/mol. The molecule has 27 heavy (non-hydrogen) atoms. The molecule has 0 saturated carbocycles. The first kappa shape index (κ1) is 17.2. The van der Waals surface area contributed by atoms with E-state index in [4.69, 9.17) is 9.47 Å². The maximum absolute atomic E-state index is 12.6. The molecule has 1 aromatic heterocycles. The first-order valence-corrected chi connectivity index (χ1v) is 8.99. The van der Waals surface area contributed by atoms with Gasteiger partial charge in [-0.05, 0) is 13.0 Å². The highest BCUT2D eigenvalue weighted by Crippen LogP contribution is 2.35. The molecule has 0 atom stereocenters. The zero-order valence-electron chi connectivity index (χ0n) is 14.6. The lowest BCUT2D eigenvalue weighted by Gasteiger charge is -2.18. The number of thiazole rings is 1. The van der Waals surface area contributed by atoms with Crippen molar-refractivity contribution < 1.29 is 19.2 Å². The third-order valence-electron chi connectivity index (χ3n) is 4.40. The standard InChI is InChI=1S/C18H15N3O5S/c1-10-11(4-3-5-12(10)21(23)24)17(22)19-18-20(2)13-8-14-15(9-16(13)27-18)26-7-6-25-14/h3-5,8-9H,6-7H2,1-2H3. The van der Waals surface area contributed by atoms with Gasteiger partial charge in [0.25, 0.3) is 11.6 Å². The summed E-state index contributed by atoms with van der Waals surface area (Å²) in [7, 11) is 1.81. The van der Waals surface area contributed by atoms with Gasteiger partial charge in [-0.2, -0.15) is 4.99 Å². The summed E-state index contributed by atoms with van der Waals surface area (Å²) >= 11 is 1.34. The van der Waals surface area contributed by atoms with E-state index in [1.54, 1.807) is 24.6 Å². The Morgan fingerprint density at radius 2 is 1.96 bits per heavy atom. The van der Waals surface area contributed by atoms with E-state index >= 15 is 0 Å². The summed E-state index contributed by atoms with van der Waals surface area (Å²) in [6.45, 7) is 2.54. The fourth-order valence-electron chi connectivity index (χ4n) is 2.97. The van der Waals surface area contributed by atoms with Crippen molar-refractivity contribution in [3.63, 3.8) is 0 Å². The quantitative estimate of drug-likeness (QED) is 0.499. The molecule has 1 amide bonds. The van der Waals surface area contributed by atoms with Gasteiger partial charge in [-0.1, -0.05) is 17.4 Å². The summed E-state index contributed by atoms with van der Waals surface area (Å²) < 4.78 is 13.9. The minimum Gasteiger partial charge on any atom is -0.486 e. The molecule has 2 heterocycles. The van der Waals surface area contributed by atoms with Crippen LogP contribution in [0.2, 0.25) is 0 Å². The molecule has 1 aliphatic rings. The molecule has 0 aliphatic carbocycles. The molecule has 3 aromatic rings. The molecule has 0 unspecified atom stereocenters. The topological polar surface area (TPSA) is 96.0 Å². The summed E-state index contributed by atoms with van der Waals surface area (Å²) in [5.41, 5.74) is 1.29. The molecule has 0 bridgehead atoms. The summed E-state index contributed by atoms with van der Waals surface area (Å²) in [5, 5.41) is 11.1. The zero-order valence-corrected chi connectivity index (χ0v) is 15.4. The minimum absolute atomic E-state index is 0.0984. The Hall–Kier alpha value is -3.20. The van der Waals surface area contributed by atoms with E-state index in [0.29, 0.717) is 35.1 Å². The smallest absolute Gasteiger partial charge is 0.280 e. The fourth-order valence-corrected chi connectivity index (χ4v) is 4.00. The maximum atomic E-state index is 12.6. The lowest BCUT2D eigenvalue weighted by Crippen LogP contribution is -2.16. The van der Waals surface area contributed by atoms with Gasteiger partial charge in [-0.25, -0.2) is 0 Å². The monoisotopic (exact) mass is 385 g/mol. The predicted octanol–water partition coefficient (Wildman–Crippen LogP) is 2.97. The largest absolute Gasteiger partial charge is 0.486 e. The Bertz CT molecular complexity index is 1160. The number of carbonyl (C=O) groups excluding carboxylic acids is 1. The number of nitrogens with zero attached hydrogens (tertiary/aromatic N) is 3. The molecule has 0 spiro atoms. The molecule has 2 aromatic carbocycles. The normalized spacial score (nSPS) is 13.8. The van der Waals surface area contributed by atoms with E-state index < -0.39 is 10.8 Å². The van der Waals surface area contributed by atoms with Crippen molar-refractivity contribution in [3.8, 4) is 11.5 Å². The molecule has 0 fully saturated rings. The highest BCUT2D eigenvalue weighted by molar-refractivity contribution is 7.16. The second-order valence-corrected chi connectivity index (χ2v) is 7.04. The van der Waals surface area contributed by atoms with Crippen LogP contribution in [0.15, 0.2) is 35.3 Å². The molecule has 1 aliphatic heterocycles. The number of fused-ring (bicyclic) bond motifs is 2. The lowest BCUT2D eigenvalue weighted by molar-refractivity contribution is -0.385. The third kappa shape index (κ3) is 2.95. The number of hydrogen-bond acceptors (Lipinski definition) is 6. The van der Waals surface area contributed by atoms with Crippen LogP contribution in [-0.4, -0.2) is 28.6 Å². The first-order chi connectivity index (χ1) is 13.0. The average Bonchev–Trinajstić information content (AvgIpc) is 2.94. The highest BCUT2D eigenvalue weighted by Gasteiger charge is 2.19. The van der Waals surface area contributed by atoms with Crippen molar-refractivity contribution >= 4 is 33.1 Å². The predicted molar refractivity (Wildman–Crippen MR) is 99.5 cm³/mol. The molecular weight excluding hydrogens is 370 g/mol. The Labute approximate surface area is 157 Å². The van der Waals surface area contributed by atoms with Crippen LogP contribution >= 0.6 is 11.3 Å². The minimum atomic E-state index is -0.518. The molecule has 0 radical (unpaired) electrons. The van der Waals surface area contributed by atoms with E-state index in [0.717, 1.165) is 10.2 Å². The number of benzene rings is 2. The number of ether oxygens (including phenoxy) is 2. The van der Waals surface area contributed by atoms with Gasteiger partial charge in [0.1, 0.15) is 13.2 Å². The number of hydrogen-bond donors (Lipinski definition) is 0. The van der Waals surface area contributed by atoms with Gasteiger partial charge in [-0.15, -0.1) is 0 Å². The number of nitro groups is 1. The van der Waals surface area contributed by atoms with Crippen LogP contribution in [0, 0.1) is 17.0 Å². The summed E-state index contributed by atoms with van der Waals surface area (Å²) in [6, 6.07) is 8.14. The van der Waals surface area contributed by atoms with Gasteiger partial charge >= 0.3 is 0 Å². The van der Waals surface area contributed by atoms with Crippen molar-refractivity contribution in [2.75, 3.05) is 13.2 Å². The first-order valence-electron chi connectivity index (χ1n) is 8.18. The van der Waals surface area contributed by atoms with Crippen LogP contribution in [0.25, 0.3) is 10.2 Å². The van der Waals surface area contributed by atoms with Crippen molar-refractivity contribution in [2.24, 2.45) is 12.0 Å². The van der Waals surface area contributed by atoms with Gasteiger partial charge < -0.3 is 14.0 Å².